The first-order chi connectivity index (χ1) is 11.2. The van der Waals surface area contributed by atoms with Crippen molar-refractivity contribution in [2.24, 2.45) is 0 Å². The lowest BCUT2D eigenvalue weighted by Crippen LogP contribution is -1.99. The second kappa shape index (κ2) is 7.17. The van der Waals surface area contributed by atoms with Crippen LogP contribution in [-0.4, -0.2) is 26.8 Å². The molecule has 2 aromatic carbocycles. The van der Waals surface area contributed by atoms with E-state index in [1.165, 1.54) is 11.8 Å². The van der Waals surface area contributed by atoms with Crippen molar-refractivity contribution in [3.8, 4) is 17.1 Å². The highest BCUT2D eigenvalue weighted by Crippen LogP contribution is 2.26. The SMILES string of the molecule is O=CCSc1nc(-c2ccc(Cl)cc2)n(-c2ccc(Cl)cc2)n1. The van der Waals surface area contributed by atoms with Crippen molar-refractivity contribution in [3.05, 3.63) is 58.6 Å². The van der Waals surface area contributed by atoms with Crippen LogP contribution in [0.2, 0.25) is 10.0 Å². The second-order valence-corrected chi connectivity index (χ2v) is 6.45. The van der Waals surface area contributed by atoms with Crippen molar-refractivity contribution in [3.63, 3.8) is 0 Å². The van der Waals surface area contributed by atoms with Crippen LogP contribution in [0.1, 0.15) is 0 Å². The summed E-state index contributed by atoms with van der Waals surface area (Å²) in [5.74, 6) is 0.988. The van der Waals surface area contributed by atoms with Gasteiger partial charge in [-0.15, -0.1) is 5.10 Å². The molecule has 0 amide bonds. The molecule has 4 nitrogen and oxygen atoms in total. The van der Waals surface area contributed by atoms with Crippen LogP contribution in [0, 0.1) is 0 Å². The van der Waals surface area contributed by atoms with Gasteiger partial charge in [0.1, 0.15) is 6.29 Å². The first-order valence-corrected chi connectivity index (χ1v) is 8.47. The summed E-state index contributed by atoms with van der Waals surface area (Å²) in [6, 6.07) is 14.7. The molecule has 0 radical (unpaired) electrons. The first-order valence-electron chi connectivity index (χ1n) is 6.73. The van der Waals surface area contributed by atoms with Gasteiger partial charge < -0.3 is 4.79 Å². The number of carbonyl (C=O) groups excluding carboxylic acids is 1. The van der Waals surface area contributed by atoms with Gasteiger partial charge in [-0.25, -0.2) is 9.67 Å². The van der Waals surface area contributed by atoms with Gasteiger partial charge in [0, 0.05) is 15.6 Å². The Balaban J connectivity index is 2.08. The Morgan fingerprint density at radius 1 is 1.00 bits per heavy atom. The maximum atomic E-state index is 10.6. The van der Waals surface area contributed by atoms with E-state index in [-0.39, 0.29) is 0 Å². The molecule has 3 aromatic rings. The Bertz CT molecular complexity index is 753. The molecule has 0 unspecified atom stereocenters. The largest absolute Gasteiger partial charge is 0.302 e. The predicted molar refractivity (Wildman–Crippen MR) is 93.6 cm³/mol. The van der Waals surface area contributed by atoms with Gasteiger partial charge >= 0.3 is 0 Å². The zero-order chi connectivity index (χ0) is 16.2. The smallest absolute Gasteiger partial charge is 0.209 e. The molecule has 116 valence electrons. The highest BCUT2D eigenvalue weighted by molar-refractivity contribution is 7.99. The quantitative estimate of drug-likeness (QED) is 0.493. The molecule has 1 heterocycles. The second-order valence-electron chi connectivity index (χ2n) is 4.59. The lowest BCUT2D eigenvalue weighted by Gasteiger charge is -2.06. The molecule has 0 spiro atoms. The molecule has 3 rings (SSSR count). The Morgan fingerprint density at radius 3 is 2.22 bits per heavy atom. The molecular weight excluding hydrogens is 353 g/mol. The number of carbonyl (C=O) groups is 1. The summed E-state index contributed by atoms with van der Waals surface area (Å²) in [6.45, 7) is 0. The minimum Gasteiger partial charge on any atom is -0.302 e. The van der Waals surface area contributed by atoms with Gasteiger partial charge in [0.15, 0.2) is 5.82 Å². The number of benzene rings is 2. The third kappa shape index (κ3) is 3.75. The van der Waals surface area contributed by atoms with E-state index in [0.29, 0.717) is 26.8 Å². The van der Waals surface area contributed by atoms with E-state index in [9.17, 15) is 4.79 Å². The van der Waals surface area contributed by atoms with Crippen LogP contribution in [0.25, 0.3) is 17.1 Å². The third-order valence-corrected chi connectivity index (χ3v) is 4.28. The average Bonchev–Trinajstić information content (AvgIpc) is 2.98. The Hall–Kier alpha value is -1.82. The zero-order valence-corrected chi connectivity index (χ0v) is 14.1. The fraction of sp³-hybridized carbons (Fsp3) is 0.0625. The molecule has 1 aromatic heterocycles. The molecule has 0 saturated carbocycles. The van der Waals surface area contributed by atoms with Gasteiger partial charge in [-0.2, -0.15) is 0 Å². The van der Waals surface area contributed by atoms with Crippen LogP contribution in [-0.2, 0) is 4.79 Å². The summed E-state index contributed by atoms with van der Waals surface area (Å²) in [5.41, 5.74) is 1.72. The number of aldehydes is 1. The number of rotatable bonds is 5. The third-order valence-electron chi connectivity index (χ3n) is 3.04. The molecule has 7 heteroatoms. The van der Waals surface area contributed by atoms with Gasteiger partial charge in [0.25, 0.3) is 0 Å². The van der Waals surface area contributed by atoms with Gasteiger partial charge in [-0.1, -0.05) is 35.0 Å². The minimum atomic E-state index is 0.310. The topological polar surface area (TPSA) is 47.8 Å². The Kier molecular flexibility index (Phi) is 5.00. The summed E-state index contributed by atoms with van der Waals surface area (Å²) in [7, 11) is 0. The molecule has 0 bridgehead atoms. The van der Waals surface area contributed by atoms with Crippen LogP contribution in [0.5, 0.6) is 0 Å². The van der Waals surface area contributed by atoms with Gasteiger partial charge in [-0.05, 0) is 48.5 Å². The molecule has 0 saturated heterocycles. The van der Waals surface area contributed by atoms with Crippen LogP contribution >= 0.6 is 35.0 Å². The lowest BCUT2D eigenvalue weighted by atomic mass is 10.2. The standard InChI is InChI=1S/C16H11Cl2N3OS/c17-12-3-1-11(2-4-12)15-19-16(23-10-9-22)20-21(15)14-7-5-13(18)6-8-14/h1-9H,10H2. The summed E-state index contributed by atoms with van der Waals surface area (Å²) in [4.78, 5) is 15.1. The predicted octanol–water partition coefficient (Wildman–Crippen LogP) is 4.53. The van der Waals surface area contributed by atoms with E-state index in [1.54, 1.807) is 28.9 Å². The summed E-state index contributed by atoms with van der Waals surface area (Å²) in [6.07, 6.45) is 0.829. The number of halogens is 2. The maximum Gasteiger partial charge on any atom is 0.209 e. The maximum absolute atomic E-state index is 10.6. The molecule has 0 aliphatic heterocycles. The number of nitrogens with zero attached hydrogens (tertiary/aromatic N) is 3. The van der Waals surface area contributed by atoms with Crippen molar-refractivity contribution in [2.45, 2.75) is 5.16 Å². The summed E-state index contributed by atoms with van der Waals surface area (Å²) >= 11 is 13.2. The molecular formula is C16H11Cl2N3OS. The fourth-order valence-corrected chi connectivity index (χ4v) is 2.77. The number of hydrogen-bond acceptors (Lipinski definition) is 4. The van der Waals surface area contributed by atoms with Crippen molar-refractivity contribution in [2.75, 3.05) is 5.75 Å². The van der Waals surface area contributed by atoms with E-state index in [4.69, 9.17) is 23.2 Å². The normalized spacial score (nSPS) is 10.7. The Labute approximate surface area is 147 Å². The molecule has 0 aliphatic rings. The van der Waals surface area contributed by atoms with E-state index in [2.05, 4.69) is 10.1 Å². The van der Waals surface area contributed by atoms with E-state index in [0.717, 1.165) is 17.5 Å². The van der Waals surface area contributed by atoms with E-state index < -0.39 is 0 Å². The highest BCUT2D eigenvalue weighted by atomic mass is 35.5. The number of thioether (sulfide) groups is 1. The molecule has 0 aliphatic carbocycles. The fourth-order valence-electron chi connectivity index (χ4n) is 2.01. The average molecular weight is 364 g/mol. The number of aromatic nitrogens is 3. The Morgan fingerprint density at radius 2 is 1.61 bits per heavy atom. The summed E-state index contributed by atoms with van der Waals surface area (Å²) in [5, 5.41) is 6.32. The van der Waals surface area contributed by atoms with Gasteiger partial charge in [0.05, 0.1) is 11.4 Å². The zero-order valence-electron chi connectivity index (χ0n) is 11.8. The van der Waals surface area contributed by atoms with Crippen molar-refractivity contribution in [1.82, 2.24) is 14.8 Å². The lowest BCUT2D eigenvalue weighted by molar-refractivity contribution is -0.105. The molecule has 0 N–H and O–H groups in total. The van der Waals surface area contributed by atoms with Crippen LogP contribution in [0.15, 0.2) is 53.7 Å². The molecule has 0 atom stereocenters. The van der Waals surface area contributed by atoms with E-state index >= 15 is 0 Å². The first kappa shape index (κ1) is 16.1. The molecule has 23 heavy (non-hydrogen) atoms. The highest BCUT2D eigenvalue weighted by Gasteiger charge is 2.14. The van der Waals surface area contributed by atoms with Crippen LogP contribution in [0.3, 0.4) is 0 Å². The molecule has 0 fully saturated rings. The van der Waals surface area contributed by atoms with Crippen molar-refractivity contribution >= 4 is 41.2 Å². The minimum absolute atomic E-state index is 0.310. The summed E-state index contributed by atoms with van der Waals surface area (Å²) < 4.78 is 1.73. The number of hydrogen-bond donors (Lipinski definition) is 0. The monoisotopic (exact) mass is 363 g/mol. The van der Waals surface area contributed by atoms with Crippen molar-refractivity contribution in [1.29, 1.82) is 0 Å². The van der Waals surface area contributed by atoms with Crippen molar-refractivity contribution < 1.29 is 4.79 Å². The van der Waals surface area contributed by atoms with Gasteiger partial charge in [-0.3, -0.25) is 0 Å². The van der Waals surface area contributed by atoms with Gasteiger partial charge in [0.2, 0.25) is 5.16 Å². The van der Waals surface area contributed by atoms with Crippen LogP contribution in [0.4, 0.5) is 0 Å². The van der Waals surface area contributed by atoms with Crippen LogP contribution < -0.4 is 0 Å². The van der Waals surface area contributed by atoms with E-state index in [1.807, 2.05) is 24.3 Å².